The highest BCUT2D eigenvalue weighted by atomic mass is 19.4. The van der Waals surface area contributed by atoms with Gasteiger partial charge in [-0.05, 0) is 60.6 Å². The molecule has 2 aromatic carbocycles. The molecule has 4 N–H and O–H groups in total. The lowest BCUT2D eigenvalue weighted by Crippen LogP contribution is -2.35. The van der Waals surface area contributed by atoms with Gasteiger partial charge in [-0.2, -0.15) is 32.1 Å². The van der Waals surface area contributed by atoms with Gasteiger partial charge in [-0.25, -0.2) is 13.8 Å². The number of anilines is 1. The maximum absolute atomic E-state index is 15.4. The third-order valence-corrected chi connectivity index (χ3v) is 10.4. The number of aliphatic hydroxyl groups is 1. The summed E-state index contributed by atoms with van der Waals surface area (Å²) in [5.74, 6) is -2.89. The van der Waals surface area contributed by atoms with Gasteiger partial charge < -0.3 is 20.9 Å². The molecule has 17 heteroatoms. The van der Waals surface area contributed by atoms with Crippen LogP contribution >= 0.6 is 0 Å². The van der Waals surface area contributed by atoms with E-state index in [4.69, 9.17) is 15.5 Å². The Balaban J connectivity index is 1.25. The molecule has 2 aliphatic carbocycles. The van der Waals surface area contributed by atoms with Crippen molar-refractivity contribution in [3.63, 3.8) is 0 Å². The minimum Gasteiger partial charge on any atom is -0.382 e. The van der Waals surface area contributed by atoms with Crippen molar-refractivity contribution in [1.82, 2.24) is 29.9 Å². The second-order valence-electron chi connectivity index (χ2n) is 14.2. The number of benzene rings is 2. The second-order valence-corrected chi connectivity index (χ2v) is 14.2. The van der Waals surface area contributed by atoms with Crippen molar-refractivity contribution < 1.29 is 45.4 Å². The molecule has 5 aromatic rings. The second kappa shape index (κ2) is 13.1. The summed E-state index contributed by atoms with van der Waals surface area (Å²) in [6, 6.07) is 9.87. The normalized spacial score (nSPS) is 20.0. The summed E-state index contributed by atoms with van der Waals surface area (Å²) < 4.78 is 109. The Morgan fingerprint density at radius 1 is 1.09 bits per heavy atom. The molecule has 55 heavy (non-hydrogen) atoms. The van der Waals surface area contributed by atoms with Crippen LogP contribution in [0, 0.1) is 29.4 Å². The third-order valence-electron chi connectivity index (χ3n) is 10.4. The maximum Gasteiger partial charge on any atom is 0.435 e. The number of nitrogens with zero attached hydrogens (tertiary/aromatic N) is 5. The number of carbonyl (C=O) groups is 1. The number of rotatable bonds is 7. The number of hydrogen-bond acceptors (Lipinski definition) is 7. The van der Waals surface area contributed by atoms with E-state index >= 15 is 8.78 Å². The van der Waals surface area contributed by atoms with Crippen LogP contribution in [0.25, 0.3) is 22.0 Å². The summed E-state index contributed by atoms with van der Waals surface area (Å²) in [5, 5.41) is 22.1. The fraction of sp³-hybridized carbons (Fsp3) is 0.368. The lowest BCUT2D eigenvalue weighted by Gasteiger charge is -2.26. The van der Waals surface area contributed by atoms with Gasteiger partial charge in [0.15, 0.2) is 11.5 Å². The number of carbonyl (C=O) groups excluding carboxylic acids is 1. The molecule has 1 saturated carbocycles. The van der Waals surface area contributed by atoms with Gasteiger partial charge in [0.25, 0.3) is 5.92 Å². The Labute approximate surface area is 308 Å². The minimum absolute atomic E-state index is 0.0671. The molecule has 1 aliphatic heterocycles. The predicted molar refractivity (Wildman–Crippen MR) is 183 cm³/mol. The molecule has 3 aromatic heterocycles. The van der Waals surface area contributed by atoms with Gasteiger partial charge in [0, 0.05) is 54.0 Å². The largest absolute Gasteiger partial charge is 0.435 e. The zero-order valence-electron chi connectivity index (χ0n) is 29.0. The molecule has 1 saturated heterocycles. The van der Waals surface area contributed by atoms with Gasteiger partial charge in [0.1, 0.15) is 35.2 Å². The predicted octanol–water partition coefficient (Wildman–Crippen LogP) is 5.91. The number of hydrogen-bond donors (Lipinski definition) is 3. The summed E-state index contributed by atoms with van der Waals surface area (Å²) in [5.41, 5.74) is 3.57. The molecule has 1 amide bonds. The Kier molecular flexibility index (Phi) is 8.69. The molecule has 0 spiro atoms. The van der Waals surface area contributed by atoms with Crippen LogP contribution in [0.1, 0.15) is 65.1 Å². The van der Waals surface area contributed by atoms with Gasteiger partial charge in [-0.1, -0.05) is 18.1 Å². The van der Waals surface area contributed by atoms with E-state index < -0.39 is 76.6 Å². The molecule has 0 radical (unpaired) electrons. The Morgan fingerprint density at radius 2 is 1.82 bits per heavy atom. The molecular weight excluding hydrogens is 735 g/mol. The monoisotopic (exact) mass is 767 g/mol. The van der Waals surface area contributed by atoms with Gasteiger partial charge in [0.05, 0.1) is 30.5 Å². The van der Waals surface area contributed by atoms with E-state index in [-0.39, 0.29) is 61.7 Å². The number of aryl methyl sites for hydroxylation is 1. The fourth-order valence-electron chi connectivity index (χ4n) is 7.78. The number of nitrogen functional groups attached to an aromatic ring is 1. The highest BCUT2D eigenvalue weighted by Crippen LogP contribution is 2.68. The zero-order chi connectivity index (χ0) is 39.0. The average Bonchev–Trinajstić information content (AvgIpc) is 3.67. The molecule has 3 aliphatic rings. The number of para-hydroxylation sites is 1. The van der Waals surface area contributed by atoms with Crippen LogP contribution in [-0.4, -0.2) is 54.4 Å². The van der Waals surface area contributed by atoms with E-state index in [1.54, 1.807) is 37.4 Å². The van der Waals surface area contributed by atoms with Gasteiger partial charge >= 0.3 is 6.18 Å². The summed E-state index contributed by atoms with van der Waals surface area (Å²) in [6.07, 6.45) is -5.00. The van der Waals surface area contributed by atoms with E-state index in [0.29, 0.717) is 32.8 Å². The number of pyridine rings is 1. The number of halogens is 7. The topological polar surface area (TPSA) is 133 Å². The zero-order valence-corrected chi connectivity index (χ0v) is 29.0. The van der Waals surface area contributed by atoms with Crippen LogP contribution in [0.3, 0.4) is 0 Å². The first-order valence-electron chi connectivity index (χ1n) is 17.4. The van der Waals surface area contributed by atoms with E-state index in [1.165, 1.54) is 4.68 Å². The number of fused-ring (bicyclic) bond motifs is 4. The number of alkyl halides is 5. The van der Waals surface area contributed by atoms with E-state index in [0.717, 1.165) is 12.1 Å². The van der Waals surface area contributed by atoms with Crippen molar-refractivity contribution in [2.75, 3.05) is 18.9 Å². The van der Waals surface area contributed by atoms with Crippen molar-refractivity contribution in [1.29, 1.82) is 0 Å². The van der Waals surface area contributed by atoms with Crippen LogP contribution < -0.4 is 11.1 Å². The quantitative estimate of drug-likeness (QED) is 0.139. The molecular formula is C38H32F7N7O3. The first kappa shape index (κ1) is 36.5. The fourth-order valence-corrected chi connectivity index (χ4v) is 7.78. The number of nitrogens with two attached hydrogens (primary N) is 1. The lowest BCUT2D eigenvalue weighted by molar-refractivity contribution is -0.142. The van der Waals surface area contributed by atoms with Crippen LogP contribution in [-0.2, 0) is 41.6 Å². The molecule has 3 atom stereocenters. The molecule has 2 fully saturated rings. The highest BCUT2D eigenvalue weighted by molar-refractivity contribution is 6.00. The summed E-state index contributed by atoms with van der Waals surface area (Å²) in [4.78, 5) is 18.7. The maximum atomic E-state index is 15.4. The summed E-state index contributed by atoms with van der Waals surface area (Å²) in [6.45, 7) is -0.453. The molecule has 10 nitrogen and oxygen atoms in total. The molecule has 286 valence electrons. The lowest BCUT2D eigenvalue weighted by atomic mass is 9.93. The minimum atomic E-state index is -5.04. The van der Waals surface area contributed by atoms with Crippen molar-refractivity contribution >= 4 is 22.6 Å². The summed E-state index contributed by atoms with van der Waals surface area (Å²) >= 11 is 0. The molecule has 4 heterocycles. The first-order chi connectivity index (χ1) is 26.0. The van der Waals surface area contributed by atoms with Crippen molar-refractivity contribution in [2.24, 2.45) is 13.0 Å². The smallest absolute Gasteiger partial charge is 0.382 e. The Morgan fingerprint density at radius 3 is 2.53 bits per heavy atom. The number of amides is 1. The molecule has 0 bridgehead atoms. The number of ether oxygens (including phenoxy) is 1. The SMILES string of the molecule is Cn1nc(N)c2cccc(-c3ccc(C#CC4(O)CCOCC4)nc3[C@H](Cc3cc(F)cc(F)c3)NC(=O)Cn3nc(C(F)(F)F)c4c3C(F)(F)C3C[C@H]43)c21. The van der Waals surface area contributed by atoms with Gasteiger partial charge in [-0.15, -0.1) is 0 Å². The Hall–Kier alpha value is -5.47. The molecule has 8 rings (SSSR count). The van der Waals surface area contributed by atoms with Crippen LogP contribution in [0.2, 0.25) is 0 Å². The van der Waals surface area contributed by atoms with Crippen LogP contribution in [0.15, 0.2) is 48.5 Å². The number of nitrogens with one attached hydrogen (secondary N) is 1. The van der Waals surface area contributed by atoms with Gasteiger partial charge in [-0.3, -0.25) is 14.2 Å². The van der Waals surface area contributed by atoms with Crippen molar-refractivity contribution in [2.45, 2.75) is 61.9 Å². The van der Waals surface area contributed by atoms with Crippen LogP contribution in [0.4, 0.5) is 36.6 Å². The van der Waals surface area contributed by atoms with Gasteiger partial charge in [0.2, 0.25) is 5.91 Å². The van der Waals surface area contributed by atoms with E-state index in [2.05, 4.69) is 27.4 Å². The summed E-state index contributed by atoms with van der Waals surface area (Å²) in [7, 11) is 1.66. The van der Waals surface area contributed by atoms with Crippen molar-refractivity contribution in [3.8, 4) is 23.0 Å². The Bertz CT molecular complexity index is 2400. The first-order valence-corrected chi connectivity index (χ1v) is 17.4. The van der Waals surface area contributed by atoms with E-state index in [9.17, 15) is 31.9 Å². The highest BCUT2D eigenvalue weighted by Gasteiger charge is 2.68. The van der Waals surface area contributed by atoms with Crippen molar-refractivity contribution in [3.05, 3.63) is 94.1 Å². The van der Waals surface area contributed by atoms with Crippen LogP contribution in [0.5, 0.6) is 0 Å². The third kappa shape index (κ3) is 6.67. The number of aromatic nitrogens is 5. The standard InChI is InChI=1S/C38H32F7N7O3/c1-51-32-24(3-2-4-25(32)35(46)50-51)23-6-5-22(7-8-36(54)9-11-55-12-10-36)47-31(23)28(15-19-13-20(39)16-21(40)14-19)48-29(53)18-52-34-30(33(49-52)38(43,44)45)26-17-27(26)37(34,41)42/h2-6,13-14,16,26-28,54H,9-12,15,17-18H2,1H3,(H2,46,50)(H,48,53)/t26-,27?,28-/m0/s1. The average molecular weight is 768 g/mol. The van der Waals surface area contributed by atoms with E-state index in [1.807, 2.05) is 0 Å². The molecule has 1 unspecified atom stereocenters.